The number of halogens is 1. The Morgan fingerprint density at radius 2 is 1.61 bits per heavy atom. The molecule has 1 aromatic heterocycles. The Morgan fingerprint density at radius 3 is 2.32 bits per heavy atom. The number of fused-ring (bicyclic) bond motifs is 1. The molecule has 190 valence electrons. The highest BCUT2D eigenvalue weighted by Gasteiger charge is 2.14. The zero-order chi connectivity index (χ0) is 26.8. The Labute approximate surface area is 231 Å². The molecule has 0 amide bonds. The van der Waals surface area contributed by atoms with Crippen molar-refractivity contribution in [3.63, 3.8) is 0 Å². The molecule has 0 fully saturated rings. The lowest BCUT2D eigenvalue weighted by Gasteiger charge is -2.12. The third kappa shape index (κ3) is 5.15. The first-order chi connectivity index (χ1) is 18.3. The number of carboxylic acid groups (broad SMARTS) is 1. The number of nitrogens with one attached hydrogen (secondary N) is 1. The maximum atomic E-state index is 11.6. The first-order valence-corrected chi connectivity index (χ1v) is 13.3. The van der Waals surface area contributed by atoms with Crippen molar-refractivity contribution in [1.82, 2.24) is 9.88 Å². The van der Waals surface area contributed by atoms with Crippen molar-refractivity contribution in [2.45, 2.75) is 26.9 Å². The van der Waals surface area contributed by atoms with Gasteiger partial charge in [-0.25, -0.2) is 4.79 Å². The van der Waals surface area contributed by atoms with Crippen molar-refractivity contribution in [2.24, 2.45) is 0 Å². The quantitative estimate of drug-likeness (QED) is 0.200. The van der Waals surface area contributed by atoms with Gasteiger partial charge in [0.05, 0.1) is 5.56 Å². The molecule has 0 unspecified atom stereocenters. The molecule has 0 atom stereocenters. The minimum atomic E-state index is -0.917. The molecule has 5 rings (SSSR count). The van der Waals surface area contributed by atoms with Crippen LogP contribution in [0.2, 0.25) is 0 Å². The van der Waals surface area contributed by atoms with Gasteiger partial charge in [-0.05, 0) is 77.6 Å². The van der Waals surface area contributed by atoms with Gasteiger partial charge in [-0.2, -0.15) is 0 Å². The Kier molecular flexibility index (Phi) is 7.21. The molecule has 0 saturated carbocycles. The number of nitrogens with zero attached hydrogens (tertiary/aromatic N) is 1. The van der Waals surface area contributed by atoms with Crippen molar-refractivity contribution in [3.8, 4) is 11.1 Å². The van der Waals surface area contributed by atoms with Crippen LogP contribution in [0.25, 0.3) is 27.7 Å². The molecule has 2 N–H and O–H groups in total. The summed E-state index contributed by atoms with van der Waals surface area (Å²) >= 11 is 3.48. The minimum Gasteiger partial charge on any atom is -0.478 e. The summed E-state index contributed by atoms with van der Waals surface area (Å²) in [6.45, 7) is 10.1. The van der Waals surface area contributed by atoms with Gasteiger partial charge in [0.25, 0.3) is 0 Å². The monoisotopic (exact) mass is 564 g/mol. The lowest BCUT2D eigenvalue weighted by atomic mass is 9.99. The summed E-state index contributed by atoms with van der Waals surface area (Å²) < 4.78 is 3.41. The number of aryl methyl sites for hydroxylation is 1. The number of benzene rings is 4. The van der Waals surface area contributed by atoms with Gasteiger partial charge in [-0.15, -0.1) is 0 Å². The minimum absolute atomic E-state index is 0.312. The smallest absolute Gasteiger partial charge is 0.336 e. The van der Waals surface area contributed by atoms with E-state index in [1.54, 1.807) is 12.1 Å². The summed E-state index contributed by atoms with van der Waals surface area (Å²) in [7, 11) is 0. The van der Waals surface area contributed by atoms with Crippen LogP contribution >= 0.6 is 15.9 Å². The largest absolute Gasteiger partial charge is 0.478 e. The average Bonchev–Trinajstić information content (AvgIpc) is 3.17. The van der Waals surface area contributed by atoms with Crippen molar-refractivity contribution in [3.05, 3.63) is 136 Å². The number of aromatic carboxylic acids is 1. The van der Waals surface area contributed by atoms with E-state index in [2.05, 4.69) is 88.7 Å². The van der Waals surface area contributed by atoms with Gasteiger partial charge in [-0.3, -0.25) is 0 Å². The predicted octanol–water partition coefficient (Wildman–Crippen LogP) is 8.19. The molecule has 0 saturated heterocycles. The molecule has 1 heterocycles. The van der Waals surface area contributed by atoms with Crippen LogP contribution in [0.15, 0.2) is 102 Å². The highest BCUT2D eigenvalue weighted by Crippen LogP contribution is 2.30. The number of hydrogen-bond donors (Lipinski definition) is 2. The predicted molar refractivity (Wildman–Crippen MR) is 159 cm³/mol. The summed E-state index contributed by atoms with van der Waals surface area (Å²) in [5, 5.41) is 14.2. The molecule has 0 aliphatic carbocycles. The summed E-state index contributed by atoms with van der Waals surface area (Å²) in [6, 6.07) is 30.1. The molecule has 4 nitrogen and oxygen atoms in total. The van der Waals surface area contributed by atoms with Crippen molar-refractivity contribution < 1.29 is 9.90 Å². The molecular formula is C33H29BrN2O2. The van der Waals surface area contributed by atoms with Gasteiger partial charge in [0.1, 0.15) is 0 Å². The summed E-state index contributed by atoms with van der Waals surface area (Å²) in [5.41, 5.74) is 9.95. The van der Waals surface area contributed by atoms with E-state index in [-0.39, 0.29) is 0 Å². The van der Waals surface area contributed by atoms with E-state index in [1.807, 2.05) is 36.4 Å². The topological polar surface area (TPSA) is 54.3 Å². The van der Waals surface area contributed by atoms with Crippen LogP contribution in [-0.2, 0) is 13.1 Å². The van der Waals surface area contributed by atoms with E-state index in [0.717, 1.165) is 45.5 Å². The molecule has 0 aliphatic rings. The third-order valence-electron chi connectivity index (χ3n) is 7.17. The Morgan fingerprint density at radius 1 is 0.921 bits per heavy atom. The van der Waals surface area contributed by atoms with Crippen molar-refractivity contribution >= 4 is 38.5 Å². The van der Waals surface area contributed by atoms with E-state index in [9.17, 15) is 9.90 Å². The fraction of sp³-hybridized carbons (Fsp3) is 0.121. The second-order valence-electron chi connectivity index (χ2n) is 9.53. The van der Waals surface area contributed by atoms with Crippen LogP contribution < -0.4 is 5.32 Å². The Bertz CT molecular complexity index is 1650. The number of carbonyl (C=O) groups is 1. The zero-order valence-electron chi connectivity index (χ0n) is 21.5. The third-order valence-corrected chi connectivity index (χ3v) is 7.70. The van der Waals surface area contributed by atoms with Gasteiger partial charge in [0, 0.05) is 39.9 Å². The summed E-state index contributed by atoms with van der Waals surface area (Å²) in [4.78, 5) is 11.6. The molecule has 5 aromatic rings. The maximum Gasteiger partial charge on any atom is 0.336 e. The standard InChI is InChI=1S/C33H29BrN2O2/c1-21-23(3)36(20-25-8-12-26(13-9-25)29-6-4-5-7-30(29)33(37)38)32-17-14-27(18-31(21)32)22(2)35-19-24-10-15-28(34)16-11-24/h4-18,35H,2,19-20H2,1,3H3,(H,37,38). The second-order valence-corrected chi connectivity index (χ2v) is 10.5. The molecular weight excluding hydrogens is 536 g/mol. The van der Waals surface area contributed by atoms with Crippen LogP contribution in [0.4, 0.5) is 0 Å². The first-order valence-electron chi connectivity index (χ1n) is 12.5. The lowest BCUT2D eigenvalue weighted by Crippen LogP contribution is -2.10. The second kappa shape index (κ2) is 10.7. The first kappa shape index (κ1) is 25.6. The summed E-state index contributed by atoms with van der Waals surface area (Å²) in [5.74, 6) is -0.917. The maximum absolute atomic E-state index is 11.6. The van der Waals surface area contributed by atoms with E-state index in [4.69, 9.17) is 0 Å². The van der Waals surface area contributed by atoms with Crippen LogP contribution in [0.3, 0.4) is 0 Å². The van der Waals surface area contributed by atoms with Crippen LogP contribution in [0.5, 0.6) is 0 Å². The molecule has 0 bridgehead atoms. The highest BCUT2D eigenvalue weighted by atomic mass is 79.9. The van der Waals surface area contributed by atoms with Crippen LogP contribution in [-0.4, -0.2) is 15.6 Å². The molecule has 5 heteroatoms. The van der Waals surface area contributed by atoms with E-state index >= 15 is 0 Å². The molecule has 0 aliphatic heterocycles. The summed E-state index contributed by atoms with van der Waals surface area (Å²) in [6.07, 6.45) is 0. The number of hydrogen-bond acceptors (Lipinski definition) is 2. The number of carboxylic acids is 1. The van der Waals surface area contributed by atoms with Crippen LogP contribution in [0.1, 0.15) is 38.3 Å². The Balaban J connectivity index is 1.37. The number of rotatable bonds is 8. The van der Waals surface area contributed by atoms with Crippen LogP contribution in [0, 0.1) is 13.8 Å². The molecule has 38 heavy (non-hydrogen) atoms. The van der Waals surface area contributed by atoms with Gasteiger partial charge in [0.2, 0.25) is 0 Å². The average molecular weight is 566 g/mol. The normalized spacial score (nSPS) is 11.0. The molecule has 4 aromatic carbocycles. The van der Waals surface area contributed by atoms with E-state index < -0.39 is 5.97 Å². The van der Waals surface area contributed by atoms with Gasteiger partial charge >= 0.3 is 5.97 Å². The molecule has 0 radical (unpaired) electrons. The van der Waals surface area contributed by atoms with Crippen molar-refractivity contribution in [1.29, 1.82) is 0 Å². The number of aromatic nitrogens is 1. The molecule has 0 spiro atoms. The fourth-order valence-corrected chi connectivity index (χ4v) is 5.11. The SMILES string of the molecule is C=C(NCc1ccc(Br)cc1)c1ccc2c(c1)c(C)c(C)n2Cc1ccc(-c2ccccc2C(=O)O)cc1. The van der Waals surface area contributed by atoms with E-state index in [1.165, 1.54) is 27.7 Å². The van der Waals surface area contributed by atoms with Gasteiger partial charge < -0.3 is 15.0 Å². The van der Waals surface area contributed by atoms with Gasteiger partial charge in [-0.1, -0.05) is 83.2 Å². The lowest BCUT2D eigenvalue weighted by molar-refractivity contribution is 0.0697. The Hall–Kier alpha value is -4.09. The van der Waals surface area contributed by atoms with Gasteiger partial charge in [0.15, 0.2) is 0 Å². The van der Waals surface area contributed by atoms with Crippen molar-refractivity contribution in [2.75, 3.05) is 0 Å². The highest BCUT2D eigenvalue weighted by molar-refractivity contribution is 9.10. The fourth-order valence-electron chi connectivity index (χ4n) is 4.85. The van der Waals surface area contributed by atoms with E-state index in [0.29, 0.717) is 5.56 Å². The zero-order valence-corrected chi connectivity index (χ0v) is 23.0.